The number of nitrogens with two attached hydrogens (primary N) is 1. The molecule has 23 heavy (non-hydrogen) atoms. The van der Waals surface area contributed by atoms with Crippen LogP contribution in [-0.4, -0.2) is 32.9 Å². The molecule has 1 aliphatic rings. The Bertz CT molecular complexity index is 953. The Labute approximate surface area is 139 Å². The van der Waals surface area contributed by atoms with Gasteiger partial charge in [-0.1, -0.05) is 17.8 Å². The first-order valence-electron chi connectivity index (χ1n) is 6.47. The summed E-state index contributed by atoms with van der Waals surface area (Å²) < 4.78 is 10.9. The number of ketones is 1. The second-order valence-electron chi connectivity index (χ2n) is 4.56. The zero-order valence-electron chi connectivity index (χ0n) is 12.3. The largest absolute Gasteiger partial charge is 0.493 e. The van der Waals surface area contributed by atoms with Gasteiger partial charge in [0.1, 0.15) is 5.82 Å². The van der Waals surface area contributed by atoms with Crippen molar-refractivity contribution in [1.29, 1.82) is 0 Å². The van der Waals surface area contributed by atoms with Crippen molar-refractivity contribution in [2.24, 2.45) is 0 Å². The van der Waals surface area contributed by atoms with Gasteiger partial charge in [-0.05, 0) is 30.1 Å². The van der Waals surface area contributed by atoms with Gasteiger partial charge in [-0.2, -0.15) is 9.36 Å². The van der Waals surface area contributed by atoms with Crippen molar-refractivity contribution in [3.63, 3.8) is 0 Å². The first-order valence-corrected chi connectivity index (χ1v) is 8.46. The zero-order valence-corrected chi connectivity index (χ0v) is 13.9. The van der Waals surface area contributed by atoms with Crippen molar-refractivity contribution >= 4 is 45.9 Å². The number of fused-ring (bicyclic) bond motifs is 1. The lowest BCUT2D eigenvalue weighted by Gasteiger charge is -2.09. The smallest absolute Gasteiger partial charge is 0.283 e. The van der Waals surface area contributed by atoms with E-state index in [-0.39, 0.29) is 22.9 Å². The summed E-state index contributed by atoms with van der Waals surface area (Å²) in [5, 5.41) is 0.664. The number of nitrogens with zero attached hydrogens (tertiary/aromatic N) is 3. The summed E-state index contributed by atoms with van der Waals surface area (Å²) in [4.78, 5) is 28.2. The first-order chi connectivity index (χ1) is 11.0. The molecule has 0 bridgehead atoms. The third kappa shape index (κ3) is 2.68. The molecule has 0 aliphatic heterocycles. The molecule has 0 fully saturated rings. The van der Waals surface area contributed by atoms with E-state index in [9.17, 15) is 9.59 Å². The number of carbonyl (C=O) groups excluding carboxylic acids is 1. The minimum atomic E-state index is -0.441. The van der Waals surface area contributed by atoms with Crippen molar-refractivity contribution in [2.45, 2.75) is 5.16 Å². The molecule has 0 atom stereocenters. The molecule has 2 aromatic rings. The number of aromatic nitrogens is 3. The molecule has 0 amide bonds. The van der Waals surface area contributed by atoms with Crippen molar-refractivity contribution in [3.05, 3.63) is 45.5 Å². The van der Waals surface area contributed by atoms with Crippen LogP contribution in [0.4, 0.5) is 5.82 Å². The fraction of sp³-hybridized carbons (Fsp3) is 0.143. The van der Waals surface area contributed by atoms with E-state index in [0.29, 0.717) is 15.7 Å². The second-order valence-corrected chi connectivity index (χ2v) is 6.06. The van der Waals surface area contributed by atoms with Crippen molar-refractivity contribution in [1.82, 2.24) is 13.8 Å². The predicted octanol–water partition coefficient (Wildman–Crippen LogP) is 1.51. The van der Waals surface area contributed by atoms with Gasteiger partial charge >= 0.3 is 0 Å². The number of nitrogen functional groups attached to an aromatic ring is 1. The topological polar surface area (TPSA) is 99.6 Å². The number of ether oxygens (including phenoxy) is 1. The number of thioether (sulfide) groups is 1. The maximum absolute atomic E-state index is 12.2. The monoisotopic (exact) mass is 348 g/mol. The van der Waals surface area contributed by atoms with Gasteiger partial charge in [0.15, 0.2) is 10.9 Å². The van der Waals surface area contributed by atoms with Gasteiger partial charge in [0.05, 0.1) is 12.7 Å². The van der Waals surface area contributed by atoms with E-state index < -0.39 is 5.56 Å². The third-order valence-corrected chi connectivity index (χ3v) is 4.67. The maximum atomic E-state index is 12.2. The molecule has 2 aromatic heterocycles. The molecule has 2 N–H and O–H groups in total. The molecule has 0 saturated carbocycles. The molecule has 7 nitrogen and oxygen atoms in total. The molecule has 9 heteroatoms. The number of anilines is 1. The quantitative estimate of drug-likeness (QED) is 0.839. The highest BCUT2D eigenvalue weighted by Gasteiger charge is 2.16. The van der Waals surface area contributed by atoms with Gasteiger partial charge in [-0.15, -0.1) is 0 Å². The van der Waals surface area contributed by atoms with Crippen LogP contribution in [-0.2, 0) is 9.53 Å². The average Bonchev–Trinajstić information content (AvgIpc) is 2.95. The van der Waals surface area contributed by atoms with E-state index in [2.05, 4.69) is 9.36 Å². The highest BCUT2D eigenvalue weighted by molar-refractivity contribution is 7.98. The van der Waals surface area contributed by atoms with Gasteiger partial charge < -0.3 is 10.5 Å². The third-order valence-electron chi connectivity index (χ3n) is 3.21. The predicted molar refractivity (Wildman–Crippen MR) is 90.5 cm³/mol. The molecule has 3 rings (SSSR count). The minimum Gasteiger partial charge on any atom is -0.493 e. The molecule has 2 heterocycles. The number of allylic oxidation sites excluding steroid dienone is 4. The number of carbonyl (C=O) groups is 1. The molecular weight excluding hydrogens is 336 g/mol. The summed E-state index contributed by atoms with van der Waals surface area (Å²) in [7, 11) is 1.42. The van der Waals surface area contributed by atoms with Crippen molar-refractivity contribution in [2.75, 3.05) is 19.1 Å². The lowest BCUT2D eigenvalue weighted by Crippen LogP contribution is -2.16. The van der Waals surface area contributed by atoms with Gasteiger partial charge in [-0.25, -0.2) is 4.40 Å². The van der Waals surface area contributed by atoms with Crippen LogP contribution in [0, 0.1) is 0 Å². The standard InChI is InChI=1S/C14H12N4O3S2/c1-21-10-6-7(3-4-9(10)19)5-8-11(15)18-13(16-12(8)20)23-17-14(18)22-2/h3-6H,15H2,1-2H3/b7-5-. The van der Waals surface area contributed by atoms with Crippen LogP contribution in [0.25, 0.3) is 11.0 Å². The van der Waals surface area contributed by atoms with Crippen LogP contribution in [0.15, 0.2) is 39.5 Å². The Balaban J connectivity index is 2.19. The number of hydrogen-bond acceptors (Lipinski definition) is 8. The fourth-order valence-corrected chi connectivity index (χ4v) is 3.57. The normalized spacial score (nSPS) is 16.2. The highest BCUT2D eigenvalue weighted by Crippen LogP contribution is 2.24. The molecule has 0 radical (unpaired) electrons. The van der Waals surface area contributed by atoms with Crippen LogP contribution >= 0.6 is 23.3 Å². The minimum absolute atomic E-state index is 0.202. The average molecular weight is 348 g/mol. The molecule has 0 unspecified atom stereocenters. The summed E-state index contributed by atoms with van der Waals surface area (Å²) in [6.45, 7) is 0. The van der Waals surface area contributed by atoms with Crippen LogP contribution < -0.4 is 11.3 Å². The summed E-state index contributed by atoms with van der Waals surface area (Å²) in [6.07, 6.45) is 7.98. The SMILES string of the molecule is COC1=C/C(=C\c2c(N)n3c(SC)nsc3nc2=O)C=CC1=O. The Hall–Kier alpha value is -2.39. The molecule has 118 valence electrons. The molecule has 0 saturated heterocycles. The lowest BCUT2D eigenvalue weighted by molar-refractivity contribution is -0.114. The van der Waals surface area contributed by atoms with Crippen LogP contribution in [0.2, 0.25) is 0 Å². The highest BCUT2D eigenvalue weighted by atomic mass is 32.2. The maximum Gasteiger partial charge on any atom is 0.283 e. The lowest BCUT2D eigenvalue weighted by atomic mass is 10.0. The van der Waals surface area contributed by atoms with Gasteiger partial charge in [0.2, 0.25) is 10.7 Å². The van der Waals surface area contributed by atoms with E-state index in [4.69, 9.17) is 10.5 Å². The van der Waals surface area contributed by atoms with E-state index in [0.717, 1.165) is 11.5 Å². The van der Waals surface area contributed by atoms with E-state index in [1.54, 1.807) is 22.6 Å². The van der Waals surface area contributed by atoms with Gasteiger partial charge in [0.25, 0.3) is 5.56 Å². The Morgan fingerprint density at radius 1 is 1.39 bits per heavy atom. The molecular formula is C14H12N4O3S2. The Morgan fingerprint density at radius 2 is 2.17 bits per heavy atom. The van der Waals surface area contributed by atoms with E-state index in [1.165, 1.54) is 24.9 Å². The number of hydrogen-bond donors (Lipinski definition) is 1. The van der Waals surface area contributed by atoms with E-state index in [1.807, 2.05) is 6.26 Å². The number of methoxy groups -OCH3 is 1. The van der Waals surface area contributed by atoms with Crippen LogP contribution in [0.5, 0.6) is 0 Å². The molecule has 1 aliphatic carbocycles. The van der Waals surface area contributed by atoms with Crippen molar-refractivity contribution in [3.8, 4) is 0 Å². The van der Waals surface area contributed by atoms with E-state index >= 15 is 0 Å². The van der Waals surface area contributed by atoms with Crippen molar-refractivity contribution < 1.29 is 9.53 Å². The Morgan fingerprint density at radius 3 is 2.87 bits per heavy atom. The first kappa shape index (κ1) is 15.5. The second kappa shape index (κ2) is 6.01. The fourth-order valence-electron chi connectivity index (χ4n) is 2.10. The molecule has 0 aromatic carbocycles. The summed E-state index contributed by atoms with van der Waals surface area (Å²) in [5.74, 6) is 0.242. The van der Waals surface area contributed by atoms with Crippen LogP contribution in [0.3, 0.4) is 0 Å². The summed E-state index contributed by atoms with van der Waals surface area (Å²) >= 11 is 2.53. The number of rotatable bonds is 3. The zero-order chi connectivity index (χ0) is 16.6. The van der Waals surface area contributed by atoms with Gasteiger partial charge in [0, 0.05) is 11.5 Å². The van der Waals surface area contributed by atoms with Gasteiger partial charge in [-0.3, -0.25) is 9.59 Å². The van der Waals surface area contributed by atoms with Crippen LogP contribution in [0.1, 0.15) is 5.56 Å². The Kier molecular flexibility index (Phi) is 4.05. The summed E-state index contributed by atoms with van der Waals surface area (Å²) in [6, 6.07) is 0. The molecule has 0 spiro atoms. The summed E-state index contributed by atoms with van der Waals surface area (Å²) in [5.41, 5.74) is 6.57.